The molecule has 9 heteroatoms. The van der Waals surface area contributed by atoms with Crippen LogP contribution >= 0.6 is 0 Å². The van der Waals surface area contributed by atoms with Crippen molar-refractivity contribution in [2.75, 3.05) is 11.9 Å². The molecule has 0 unspecified atom stereocenters. The fraction of sp³-hybridized carbons (Fsp3) is 0.0526. The van der Waals surface area contributed by atoms with E-state index in [1.165, 1.54) is 24.3 Å². The Morgan fingerprint density at radius 1 is 0.929 bits per heavy atom. The maximum atomic E-state index is 12.0. The van der Waals surface area contributed by atoms with Crippen molar-refractivity contribution in [1.82, 2.24) is 10.9 Å². The van der Waals surface area contributed by atoms with Gasteiger partial charge < -0.3 is 10.1 Å². The van der Waals surface area contributed by atoms with Crippen molar-refractivity contribution in [3.8, 4) is 5.75 Å². The number of carbonyl (C=O) groups is 2. The van der Waals surface area contributed by atoms with Crippen LogP contribution in [0.15, 0.2) is 66.7 Å². The van der Waals surface area contributed by atoms with Gasteiger partial charge in [0, 0.05) is 17.5 Å². The van der Waals surface area contributed by atoms with Gasteiger partial charge in [0.1, 0.15) is 5.75 Å². The Morgan fingerprint density at radius 2 is 1.64 bits per heavy atom. The second-order valence-electron chi connectivity index (χ2n) is 5.69. The van der Waals surface area contributed by atoms with Crippen LogP contribution in [0.2, 0.25) is 0 Å². The summed E-state index contributed by atoms with van der Waals surface area (Å²) < 4.78 is 5.20. The summed E-state index contributed by atoms with van der Waals surface area (Å²) in [6, 6.07) is 17.7. The number of urea groups is 1. The zero-order valence-corrected chi connectivity index (χ0v) is 14.5. The largest absolute Gasteiger partial charge is 0.484 e. The van der Waals surface area contributed by atoms with Crippen molar-refractivity contribution < 1.29 is 19.2 Å². The normalized spacial score (nSPS) is 10.1. The van der Waals surface area contributed by atoms with E-state index in [0.29, 0.717) is 11.4 Å². The highest BCUT2D eigenvalue weighted by Crippen LogP contribution is 2.22. The summed E-state index contributed by atoms with van der Waals surface area (Å²) in [6.07, 6.45) is 0. The maximum absolute atomic E-state index is 12.0. The molecule has 0 radical (unpaired) electrons. The molecule has 0 fully saturated rings. The lowest BCUT2D eigenvalue weighted by Crippen LogP contribution is -2.45. The minimum atomic E-state index is -0.611. The lowest BCUT2D eigenvalue weighted by Gasteiger charge is -2.11. The second kappa shape index (κ2) is 8.49. The molecule has 3 aromatic rings. The Hall–Kier alpha value is -4.14. The molecule has 0 saturated heterocycles. The van der Waals surface area contributed by atoms with Crippen LogP contribution in [0.5, 0.6) is 5.75 Å². The molecule has 142 valence electrons. The lowest BCUT2D eigenvalue weighted by molar-refractivity contribution is -0.384. The number of hydrazine groups is 1. The zero-order valence-electron chi connectivity index (χ0n) is 14.5. The van der Waals surface area contributed by atoms with E-state index in [4.69, 9.17) is 4.74 Å². The van der Waals surface area contributed by atoms with Crippen LogP contribution in [0.4, 0.5) is 16.2 Å². The number of rotatable bonds is 5. The van der Waals surface area contributed by atoms with E-state index in [0.717, 1.165) is 10.8 Å². The van der Waals surface area contributed by atoms with Crippen molar-refractivity contribution in [3.05, 3.63) is 76.8 Å². The molecule has 3 N–H and O–H groups in total. The van der Waals surface area contributed by atoms with Crippen LogP contribution in [0.3, 0.4) is 0 Å². The molecule has 9 nitrogen and oxygen atoms in total. The molecule has 0 aromatic heterocycles. The first kappa shape index (κ1) is 18.6. The summed E-state index contributed by atoms with van der Waals surface area (Å²) in [5.74, 6) is -0.299. The first-order valence-electron chi connectivity index (χ1n) is 8.24. The Labute approximate surface area is 159 Å². The third kappa shape index (κ3) is 4.73. The van der Waals surface area contributed by atoms with Gasteiger partial charge in [-0.2, -0.15) is 0 Å². The summed E-state index contributed by atoms with van der Waals surface area (Å²) in [4.78, 5) is 33.8. The molecule has 3 rings (SSSR count). The van der Waals surface area contributed by atoms with Crippen LogP contribution in [-0.2, 0) is 4.79 Å². The Kier molecular flexibility index (Phi) is 5.66. The molecule has 0 bridgehead atoms. The molecule has 0 saturated carbocycles. The quantitative estimate of drug-likeness (QED) is 0.464. The molecule has 28 heavy (non-hydrogen) atoms. The average molecular weight is 380 g/mol. The SMILES string of the molecule is O=C(COc1ccc([N+](=O)[O-])cc1)NNC(=O)Nc1cccc2ccccc12. The minimum Gasteiger partial charge on any atom is -0.484 e. The third-order valence-corrected chi connectivity index (χ3v) is 3.77. The lowest BCUT2D eigenvalue weighted by atomic mass is 10.1. The van der Waals surface area contributed by atoms with Gasteiger partial charge in [-0.15, -0.1) is 0 Å². The monoisotopic (exact) mass is 380 g/mol. The van der Waals surface area contributed by atoms with Crippen molar-refractivity contribution in [3.63, 3.8) is 0 Å². The molecule has 0 heterocycles. The van der Waals surface area contributed by atoms with E-state index >= 15 is 0 Å². The van der Waals surface area contributed by atoms with Crippen molar-refractivity contribution >= 4 is 34.1 Å². The van der Waals surface area contributed by atoms with Crippen LogP contribution in [0, 0.1) is 10.1 Å². The third-order valence-electron chi connectivity index (χ3n) is 3.77. The topological polar surface area (TPSA) is 123 Å². The number of nitro groups is 1. The van der Waals surface area contributed by atoms with E-state index in [-0.39, 0.29) is 12.3 Å². The Morgan fingerprint density at radius 3 is 2.39 bits per heavy atom. The summed E-state index contributed by atoms with van der Waals surface area (Å²) >= 11 is 0. The van der Waals surface area contributed by atoms with E-state index in [1.54, 1.807) is 6.07 Å². The van der Waals surface area contributed by atoms with Gasteiger partial charge in [-0.05, 0) is 23.6 Å². The minimum absolute atomic E-state index is 0.0800. The first-order valence-corrected chi connectivity index (χ1v) is 8.24. The molecule has 0 aliphatic heterocycles. The van der Waals surface area contributed by atoms with E-state index in [2.05, 4.69) is 16.2 Å². The molecule has 3 amide bonds. The van der Waals surface area contributed by atoms with Crippen LogP contribution in [0.1, 0.15) is 0 Å². The van der Waals surface area contributed by atoms with Gasteiger partial charge in [0.25, 0.3) is 11.6 Å². The van der Waals surface area contributed by atoms with Gasteiger partial charge in [-0.3, -0.25) is 20.3 Å². The number of benzene rings is 3. The number of nitrogens with zero attached hydrogens (tertiary/aromatic N) is 1. The van der Waals surface area contributed by atoms with Gasteiger partial charge in [0.2, 0.25) is 0 Å². The first-order chi connectivity index (χ1) is 13.5. The Bertz CT molecular complexity index is 1020. The van der Waals surface area contributed by atoms with E-state index in [1.807, 2.05) is 36.4 Å². The van der Waals surface area contributed by atoms with Gasteiger partial charge in [-0.1, -0.05) is 36.4 Å². The smallest absolute Gasteiger partial charge is 0.337 e. The summed E-state index contributed by atoms with van der Waals surface area (Å²) in [5.41, 5.74) is 4.98. The summed E-state index contributed by atoms with van der Waals surface area (Å²) in [5, 5.41) is 15.1. The number of hydrogen-bond donors (Lipinski definition) is 3. The molecular weight excluding hydrogens is 364 g/mol. The molecular formula is C19H16N4O5. The Balaban J connectivity index is 1.47. The molecule has 0 aliphatic carbocycles. The molecule has 0 spiro atoms. The number of non-ortho nitro benzene ring substituents is 1. The van der Waals surface area contributed by atoms with Crippen molar-refractivity contribution in [1.29, 1.82) is 0 Å². The number of anilines is 1. The number of carbonyl (C=O) groups excluding carboxylic acids is 2. The predicted molar refractivity (Wildman–Crippen MR) is 103 cm³/mol. The van der Waals surface area contributed by atoms with E-state index < -0.39 is 16.9 Å². The highest BCUT2D eigenvalue weighted by Gasteiger charge is 2.09. The van der Waals surface area contributed by atoms with Crippen molar-refractivity contribution in [2.24, 2.45) is 0 Å². The van der Waals surface area contributed by atoms with Gasteiger partial charge in [0.15, 0.2) is 6.61 Å². The standard InChI is InChI=1S/C19H16N4O5/c24-18(12-28-15-10-8-14(9-11-15)23(26)27)21-22-19(25)20-17-7-3-5-13-4-1-2-6-16(13)17/h1-11H,12H2,(H,21,24)(H2,20,22,25). The zero-order chi connectivity index (χ0) is 19.9. The van der Waals surface area contributed by atoms with Gasteiger partial charge in [0.05, 0.1) is 10.6 Å². The summed E-state index contributed by atoms with van der Waals surface area (Å²) in [7, 11) is 0. The van der Waals surface area contributed by atoms with Crippen LogP contribution < -0.4 is 20.9 Å². The number of hydrogen-bond acceptors (Lipinski definition) is 5. The number of nitrogens with one attached hydrogen (secondary N) is 3. The highest BCUT2D eigenvalue weighted by atomic mass is 16.6. The fourth-order valence-electron chi connectivity index (χ4n) is 2.46. The number of fused-ring (bicyclic) bond motifs is 1. The summed E-state index contributed by atoms with van der Waals surface area (Å²) in [6.45, 7) is -0.369. The fourth-order valence-corrected chi connectivity index (χ4v) is 2.46. The highest BCUT2D eigenvalue weighted by molar-refractivity contribution is 6.01. The van der Waals surface area contributed by atoms with Gasteiger partial charge in [-0.25, -0.2) is 10.2 Å². The molecule has 0 atom stereocenters. The van der Waals surface area contributed by atoms with Crippen LogP contribution in [0.25, 0.3) is 10.8 Å². The number of nitro benzene ring substituents is 1. The van der Waals surface area contributed by atoms with Crippen LogP contribution in [-0.4, -0.2) is 23.5 Å². The van der Waals surface area contributed by atoms with Gasteiger partial charge >= 0.3 is 6.03 Å². The molecule has 3 aromatic carbocycles. The van der Waals surface area contributed by atoms with Crippen molar-refractivity contribution in [2.45, 2.75) is 0 Å². The average Bonchev–Trinajstić information content (AvgIpc) is 2.71. The maximum Gasteiger partial charge on any atom is 0.337 e. The predicted octanol–water partition coefficient (Wildman–Crippen LogP) is 2.98. The number of ether oxygens (including phenoxy) is 1. The molecule has 0 aliphatic rings. The van der Waals surface area contributed by atoms with E-state index in [9.17, 15) is 19.7 Å². The second-order valence-corrected chi connectivity index (χ2v) is 5.69. The number of amides is 3.